The molecule has 1 amide bonds. The van der Waals surface area contributed by atoms with Gasteiger partial charge < -0.3 is 20.1 Å². The SMILES string of the molecule is CNCC(=O)NCCc1c(C)cc(OC)cc1OC. The first kappa shape index (κ1) is 15.3. The van der Waals surface area contributed by atoms with Gasteiger partial charge in [0, 0.05) is 12.6 Å². The molecule has 19 heavy (non-hydrogen) atoms. The zero-order valence-corrected chi connectivity index (χ0v) is 12.0. The number of ether oxygens (including phenoxy) is 2. The Kier molecular flexibility index (Phi) is 6.15. The van der Waals surface area contributed by atoms with Crippen molar-refractivity contribution < 1.29 is 14.3 Å². The molecule has 1 rings (SSSR count). The van der Waals surface area contributed by atoms with E-state index in [1.807, 2.05) is 19.1 Å². The molecule has 0 saturated carbocycles. The lowest BCUT2D eigenvalue weighted by Crippen LogP contribution is -2.33. The molecule has 0 fully saturated rings. The molecule has 0 unspecified atom stereocenters. The first-order chi connectivity index (χ1) is 9.12. The molecular weight excluding hydrogens is 244 g/mol. The number of likely N-dealkylation sites (N-methyl/N-ethyl adjacent to an activating group) is 1. The summed E-state index contributed by atoms with van der Waals surface area (Å²) in [7, 11) is 5.01. The van der Waals surface area contributed by atoms with Crippen molar-refractivity contribution in [2.24, 2.45) is 0 Å². The Bertz CT molecular complexity index is 433. The minimum Gasteiger partial charge on any atom is -0.497 e. The third-order valence-corrected chi connectivity index (χ3v) is 2.90. The Hall–Kier alpha value is -1.75. The number of nitrogens with one attached hydrogen (secondary N) is 2. The maximum Gasteiger partial charge on any atom is 0.233 e. The molecule has 2 N–H and O–H groups in total. The summed E-state index contributed by atoms with van der Waals surface area (Å²) in [6.07, 6.45) is 0.731. The average molecular weight is 266 g/mol. The second-order valence-corrected chi connectivity index (χ2v) is 4.26. The number of benzene rings is 1. The van der Waals surface area contributed by atoms with Gasteiger partial charge in [-0.3, -0.25) is 4.79 Å². The Morgan fingerprint density at radius 3 is 2.58 bits per heavy atom. The number of methoxy groups -OCH3 is 2. The highest BCUT2D eigenvalue weighted by Gasteiger charge is 2.09. The van der Waals surface area contributed by atoms with Crippen LogP contribution in [-0.4, -0.2) is 40.3 Å². The molecule has 0 atom stereocenters. The zero-order chi connectivity index (χ0) is 14.3. The van der Waals surface area contributed by atoms with Crippen LogP contribution >= 0.6 is 0 Å². The minimum absolute atomic E-state index is 0.00682. The second kappa shape index (κ2) is 7.63. The number of amides is 1. The number of hydrogen-bond donors (Lipinski definition) is 2. The number of aryl methyl sites for hydroxylation is 1. The van der Waals surface area contributed by atoms with E-state index in [0.717, 1.165) is 29.0 Å². The van der Waals surface area contributed by atoms with Gasteiger partial charge in [-0.15, -0.1) is 0 Å². The Morgan fingerprint density at radius 2 is 2.00 bits per heavy atom. The van der Waals surface area contributed by atoms with E-state index in [4.69, 9.17) is 9.47 Å². The minimum atomic E-state index is -0.00682. The Morgan fingerprint density at radius 1 is 1.26 bits per heavy atom. The lowest BCUT2D eigenvalue weighted by molar-refractivity contribution is -0.120. The first-order valence-electron chi connectivity index (χ1n) is 6.25. The van der Waals surface area contributed by atoms with E-state index in [1.165, 1.54) is 0 Å². The summed E-state index contributed by atoms with van der Waals surface area (Å²) in [4.78, 5) is 11.3. The molecule has 0 aromatic heterocycles. The van der Waals surface area contributed by atoms with E-state index in [9.17, 15) is 4.79 Å². The maximum absolute atomic E-state index is 11.3. The molecule has 0 bridgehead atoms. The molecule has 0 aliphatic rings. The lowest BCUT2D eigenvalue weighted by atomic mass is 10.0. The van der Waals surface area contributed by atoms with Crippen molar-refractivity contribution in [2.75, 3.05) is 34.4 Å². The highest BCUT2D eigenvalue weighted by atomic mass is 16.5. The first-order valence-corrected chi connectivity index (χ1v) is 6.25. The molecular formula is C14H22N2O3. The van der Waals surface area contributed by atoms with Gasteiger partial charge in [-0.2, -0.15) is 0 Å². The lowest BCUT2D eigenvalue weighted by Gasteiger charge is -2.14. The summed E-state index contributed by atoms with van der Waals surface area (Å²) in [5.41, 5.74) is 2.19. The largest absolute Gasteiger partial charge is 0.497 e. The van der Waals surface area contributed by atoms with Crippen LogP contribution < -0.4 is 20.1 Å². The van der Waals surface area contributed by atoms with Gasteiger partial charge in [0.05, 0.1) is 20.8 Å². The van der Waals surface area contributed by atoms with E-state index in [1.54, 1.807) is 21.3 Å². The van der Waals surface area contributed by atoms with Crippen LogP contribution in [-0.2, 0) is 11.2 Å². The molecule has 5 heteroatoms. The molecule has 1 aromatic rings. The van der Waals surface area contributed by atoms with Crippen molar-refractivity contribution in [2.45, 2.75) is 13.3 Å². The number of hydrogen-bond acceptors (Lipinski definition) is 4. The van der Waals surface area contributed by atoms with Crippen LogP contribution in [0.2, 0.25) is 0 Å². The van der Waals surface area contributed by atoms with Crippen LogP contribution in [0.5, 0.6) is 11.5 Å². The van der Waals surface area contributed by atoms with Gasteiger partial charge in [0.2, 0.25) is 5.91 Å². The van der Waals surface area contributed by atoms with E-state index >= 15 is 0 Å². The summed E-state index contributed by atoms with van der Waals surface area (Å²) in [5.74, 6) is 1.56. The predicted octanol–water partition coefficient (Wildman–Crippen LogP) is 0.890. The fourth-order valence-corrected chi connectivity index (χ4v) is 1.92. The molecule has 106 valence electrons. The molecule has 0 aliphatic heterocycles. The van der Waals surface area contributed by atoms with Crippen molar-refractivity contribution in [3.05, 3.63) is 23.3 Å². The third kappa shape index (κ3) is 4.44. The van der Waals surface area contributed by atoms with Gasteiger partial charge in [-0.1, -0.05) is 0 Å². The van der Waals surface area contributed by atoms with Crippen LogP contribution in [0.15, 0.2) is 12.1 Å². The van der Waals surface area contributed by atoms with Gasteiger partial charge in [0.15, 0.2) is 0 Å². The van der Waals surface area contributed by atoms with Crippen molar-refractivity contribution >= 4 is 5.91 Å². The van der Waals surface area contributed by atoms with Gasteiger partial charge >= 0.3 is 0 Å². The molecule has 5 nitrogen and oxygen atoms in total. The van der Waals surface area contributed by atoms with Crippen molar-refractivity contribution in [3.63, 3.8) is 0 Å². The molecule has 0 spiro atoms. The van der Waals surface area contributed by atoms with Gasteiger partial charge in [-0.05, 0) is 37.6 Å². The molecule has 0 heterocycles. The van der Waals surface area contributed by atoms with Crippen LogP contribution in [0, 0.1) is 6.92 Å². The Balaban J connectivity index is 2.69. The fraction of sp³-hybridized carbons (Fsp3) is 0.500. The summed E-state index contributed by atoms with van der Waals surface area (Å²) in [6.45, 7) is 2.93. The maximum atomic E-state index is 11.3. The highest BCUT2D eigenvalue weighted by molar-refractivity contribution is 5.77. The third-order valence-electron chi connectivity index (χ3n) is 2.90. The van der Waals surface area contributed by atoms with Crippen LogP contribution in [0.1, 0.15) is 11.1 Å². The summed E-state index contributed by atoms with van der Waals surface area (Å²) >= 11 is 0. The molecule has 0 aliphatic carbocycles. The van der Waals surface area contributed by atoms with E-state index in [-0.39, 0.29) is 5.91 Å². The monoisotopic (exact) mass is 266 g/mol. The zero-order valence-electron chi connectivity index (χ0n) is 12.0. The standard InChI is InChI=1S/C14H22N2O3/c1-10-7-11(18-3)8-13(19-4)12(10)5-6-16-14(17)9-15-2/h7-8,15H,5-6,9H2,1-4H3,(H,16,17). The van der Waals surface area contributed by atoms with Crippen molar-refractivity contribution in [1.29, 1.82) is 0 Å². The normalized spacial score (nSPS) is 10.1. The van der Waals surface area contributed by atoms with Crippen LogP contribution in [0.3, 0.4) is 0 Å². The average Bonchev–Trinajstić information content (AvgIpc) is 2.40. The van der Waals surface area contributed by atoms with Crippen molar-refractivity contribution in [3.8, 4) is 11.5 Å². The Labute approximate surface area is 114 Å². The van der Waals surface area contributed by atoms with E-state index < -0.39 is 0 Å². The van der Waals surface area contributed by atoms with Crippen LogP contribution in [0.25, 0.3) is 0 Å². The summed E-state index contributed by atoms with van der Waals surface area (Å²) < 4.78 is 10.6. The van der Waals surface area contributed by atoms with Gasteiger partial charge in [0.1, 0.15) is 11.5 Å². The summed E-state index contributed by atoms with van der Waals surface area (Å²) in [5, 5.41) is 5.66. The predicted molar refractivity (Wildman–Crippen MR) is 74.9 cm³/mol. The van der Waals surface area contributed by atoms with Gasteiger partial charge in [-0.25, -0.2) is 0 Å². The second-order valence-electron chi connectivity index (χ2n) is 4.26. The fourth-order valence-electron chi connectivity index (χ4n) is 1.92. The highest BCUT2D eigenvalue weighted by Crippen LogP contribution is 2.28. The van der Waals surface area contributed by atoms with Gasteiger partial charge in [0.25, 0.3) is 0 Å². The number of carbonyl (C=O) groups is 1. The number of carbonyl (C=O) groups excluding carboxylic acids is 1. The van der Waals surface area contributed by atoms with E-state index in [0.29, 0.717) is 13.1 Å². The van der Waals surface area contributed by atoms with Crippen molar-refractivity contribution in [1.82, 2.24) is 10.6 Å². The smallest absolute Gasteiger partial charge is 0.233 e. The molecule has 0 radical (unpaired) electrons. The number of rotatable bonds is 7. The van der Waals surface area contributed by atoms with E-state index in [2.05, 4.69) is 10.6 Å². The summed E-state index contributed by atoms with van der Waals surface area (Å²) in [6, 6.07) is 3.82. The topological polar surface area (TPSA) is 59.6 Å². The molecule has 0 saturated heterocycles. The van der Waals surface area contributed by atoms with Crippen LogP contribution in [0.4, 0.5) is 0 Å². The molecule has 1 aromatic carbocycles. The quantitative estimate of drug-likeness (QED) is 0.769.